The second-order valence-electron chi connectivity index (χ2n) is 5.64. The minimum atomic E-state index is -0.275. The average molecular weight is 367 g/mol. The largest absolute Gasteiger partial charge is 0.465 e. The van der Waals surface area contributed by atoms with E-state index >= 15 is 0 Å². The van der Waals surface area contributed by atoms with Gasteiger partial charge in [0.15, 0.2) is 5.16 Å². The lowest BCUT2D eigenvalue weighted by molar-refractivity contribution is -0.139. The van der Waals surface area contributed by atoms with Gasteiger partial charge in [0.1, 0.15) is 17.0 Å². The van der Waals surface area contributed by atoms with Gasteiger partial charge in [0.05, 0.1) is 18.1 Å². The molecule has 0 aliphatic carbocycles. The number of fused-ring (bicyclic) bond motifs is 2. The Morgan fingerprint density at radius 1 is 1.38 bits per heavy atom. The van der Waals surface area contributed by atoms with E-state index in [1.807, 2.05) is 34.7 Å². The van der Waals surface area contributed by atoms with Crippen LogP contribution in [0.25, 0.3) is 27.8 Å². The molecule has 132 valence electrons. The number of nitrogens with two attached hydrogens (primary N) is 1. The van der Waals surface area contributed by atoms with Crippen LogP contribution >= 0.6 is 11.8 Å². The van der Waals surface area contributed by atoms with Crippen molar-refractivity contribution in [3.8, 4) is 11.4 Å². The zero-order chi connectivity index (χ0) is 18.1. The fraction of sp³-hybridized carbons (Fsp3) is 0.167. The summed E-state index contributed by atoms with van der Waals surface area (Å²) in [4.78, 5) is 24.0. The zero-order valence-electron chi connectivity index (χ0n) is 14.1. The quantitative estimate of drug-likeness (QED) is 0.415. The van der Waals surface area contributed by atoms with Crippen LogP contribution in [-0.4, -0.2) is 37.7 Å². The number of para-hydroxylation sites is 1. The Morgan fingerprint density at radius 2 is 2.23 bits per heavy atom. The summed E-state index contributed by atoms with van der Waals surface area (Å²) in [6, 6.07) is 10.0. The van der Waals surface area contributed by atoms with Gasteiger partial charge in [-0.3, -0.25) is 9.20 Å². The monoisotopic (exact) mass is 367 g/mol. The van der Waals surface area contributed by atoms with Crippen LogP contribution in [-0.2, 0) is 9.53 Å². The third-order valence-electron chi connectivity index (χ3n) is 3.96. The first-order valence-corrected chi connectivity index (χ1v) is 9.15. The summed E-state index contributed by atoms with van der Waals surface area (Å²) in [6.45, 7) is 2.15. The summed E-state index contributed by atoms with van der Waals surface area (Å²) in [5.74, 6) is 0.293. The topological polar surface area (TPSA) is 98.3 Å². The molecule has 0 unspecified atom stereocenters. The highest BCUT2D eigenvalue weighted by atomic mass is 32.2. The number of carbonyl (C=O) groups is 1. The van der Waals surface area contributed by atoms with E-state index in [1.165, 1.54) is 11.8 Å². The van der Waals surface area contributed by atoms with Gasteiger partial charge in [0.25, 0.3) is 0 Å². The lowest BCUT2D eigenvalue weighted by atomic mass is 10.2. The number of thioether (sulfide) groups is 1. The number of rotatable bonds is 5. The van der Waals surface area contributed by atoms with Gasteiger partial charge in [-0.15, -0.1) is 0 Å². The molecular formula is C18H17N5O2S. The molecule has 0 aliphatic rings. The van der Waals surface area contributed by atoms with Gasteiger partial charge < -0.3 is 15.5 Å². The fourth-order valence-electron chi connectivity index (χ4n) is 2.85. The van der Waals surface area contributed by atoms with E-state index in [9.17, 15) is 4.79 Å². The Balaban J connectivity index is 1.80. The lowest BCUT2D eigenvalue weighted by Crippen LogP contribution is -2.07. The lowest BCUT2D eigenvalue weighted by Gasteiger charge is -2.02. The normalized spacial score (nSPS) is 11.3. The Bertz CT molecular complexity index is 1070. The van der Waals surface area contributed by atoms with Gasteiger partial charge in [-0.05, 0) is 19.1 Å². The van der Waals surface area contributed by atoms with Crippen molar-refractivity contribution in [3.63, 3.8) is 0 Å². The van der Waals surface area contributed by atoms with Gasteiger partial charge in [0.2, 0.25) is 0 Å². The summed E-state index contributed by atoms with van der Waals surface area (Å²) in [5, 5.41) is 1.75. The molecule has 0 aliphatic heterocycles. The number of H-pyrrole nitrogens is 1. The molecule has 0 bridgehead atoms. The average Bonchev–Trinajstić information content (AvgIpc) is 3.22. The van der Waals surface area contributed by atoms with Crippen molar-refractivity contribution in [2.75, 3.05) is 18.1 Å². The number of nitrogens with zero attached hydrogens (tertiary/aromatic N) is 3. The van der Waals surface area contributed by atoms with E-state index in [0.29, 0.717) is 28.8 Å². The Hall–Kier alpha value is -3.00. The smallest absolute Gasteiger partial charge is 0.316 e. The second-order valence-corrected chi connectivity index (χ2v) is 6.58. The number of anilines is 1. The summed E-state index contributed by atoms with van der Waals surface area (Å²) in [7, 11) is 0. The molecule has 1 aromatic carbocycles. The number of benzene rings is 1. The molecule has 8 heteroatoms. The molecule has 0 spiro atoms. The van der Waals surface area contributed by atoms with E-state index in [-0.39, 0.29) is 11.7 Å². The van der Waals surface area contributed by atoms with E-state index in [1.54, 1.807) is 19.3 Å². The predicted octanol–water partition coefficient (Wildman–Crippen LogP) is 3.12. The molecule has 0 fully saturated rings. The molecule has 3 aromatic heterocycles. The minimum absolute atomic E-state index is 0.182. The maximum absolute atomic E-state index is 11.7. The van der Waals surface area contributed by atoms with Crippen LogP contribution in [0.5, 0.6) is 0 Å². The molecule has 3 heterocycles. The van der Waals surface area contributed by atoms with Crippen molar-refractivity contribution in [2.45, 2.75) is 12.1 Å². The van der Waals surface area contributed by atoms with Gasteiger partial charge in [-0.25, -0.2) is 9.97 Å². The molecule has 0 saturated carbocycles. The molecule has 4 aromatic rings. The van der Waals surface area contributed by atoms with Crippen LogP contribution in [0.1, 0.15) is 6.92 Å². The first-order chi connectivity index (χ1) is 12.7. The van der Waals surface area contributed by atoms with E-state index in [4.69, 9.17) is 15.5 Å². The van der Waals surface area contributed by atoms with Crippen molar-refractivity contribution in [1.29, 1.82) is 0 Å². The Labute approximate surface area is 153 Å². The molecule has 7 nitrogen and oxygen atoms in total. The Kier molecular flexibility index (Phi) is 4.26. The van der Waals surface area contributed by atoms with Crippen LogP contribution in [0.2, 0.25) is 0 Å². The number of carbonyl (C=O) groups excluding carboxylic acids is 1. The summed E-state index contributed by atoms with van der Waals surface area (Å²) in [6.07, 6.45) is 3.41. The summed E-state index contributed by atoms with van der Waals surface area (Å²) in [5.41, 5.74) is 9.41. The number of imidazole rings is 1. The minimum Gasteiger partial charge on any atom is -0.465 e. The van der Waals surface area contributed by atoms with Crippen LogP contribution in [0.15, 0.2) is 47.9 Å². The molecule has 0 saturated heterocycles. The number of hydrogen-bond acceptors (Lipinski definition) is 6. The third-order valence-corrected chi connectivity index (χ3v) is 4.89. The number of esters is 1. The van der Waals surface area contributed by atoms with Gasteiger partial charge in [-0.2, -0.15) is 0 Å². The standard InChI is InChI=1S/C18H17N5O2S/c1-2-25-14(24)10-26-18-22-15(16-17(19)20-7-8-23(16)18)13-9-11-5-3-4-6-12(11)21-13/h3-9,21H,2,10H2,1H3,(H2,19,20). The number of ether oxygens (including phenoxy) is 1. The third kappa shape index (κ3) is 2.88. The highest BCUT2D eigenvalue weighted by Gasteiger charge is 2.18. The van der Waals surface area contributed by atoms with Crippen LogP contribution in [0.4, 0.5) is 5.82 Å². The van der Waals surface area contributed by atoms with Crippen molar-refractivity contribution in [3.05, 3.63) is 42.7 Å². The van der Waals surface area contributed by atoms with Crippen LogP contribution in [0.3, 0.4) is 0 Å². The van der Waals surface area contributed by atoms with Gasteiger partial charge >= 0.3 is 5.97 Å². The molecule has 0 radical (unpaired) electrons. The first kappa shape index (κ1) is 16.5. The summed E-state index contributed by atoms with van der Waals surface area (Å²) < 4.78 is 6.84. The Morgan fingerprint density at radius 3 is 3.04 bits per heavy atom. The van der Waals surface area contributed by atoms with Crippen molar-refractivity contribution in [2.24, 2.45) is 0 Å². The first-order valence-electron chi connectivity index (χ1n) is 8.16. The molecule has 0 amide bonds. The van der Waals surface area contributed by atoms with Gasteiger partial charge in [-0.1, -0.05) is 30.0 Å². The molecule has 4 rings (SSSR count). The van der Waals surface area contributed by atoms with E-state index in [0.717, 1.165) is 16.6 Å². The van der Waals surface area contributed by atoms with Crippen LogP contribution < -0.4 is 5.73 Å². The van der Waals surface area contributed by atoms with Gasteiger partial charge in [0, 0.05) is 23.3 Å². The number of aromatic amines is 1. The van der Waals surface area contributed by atoms with Crippen molar-refractivity contribution in [1.82, 2.24) is 19.4 Å². The predicted molar refractivity (Wildman–Crippen MR) is 102 cm³/mol. The fourth-order valence-corrected chi connectivity index (χ4v) is 3.63. The second kappa shape index (κ2) is 6.72. The molecule has 3 N–H and O–H groups in total. The zero-order valence-corrected chi connectivity index (χ0v) is 14.9. The van der Waals surface area contributed by atoms with Crippen molar-refractivity contribution >= 4 is 40.0 Å². The maximum atomic E-state index is 11.7. The SMILES string of the molecule is CCOC(=O)CSc1nc(-c2cc3ccccc3[nH]2)c2c(N)nccn12. The number of nitrogens with one attached hydrogen (secondary N) is 1. The van der Waals surface area contributed by atoms with Crippen molar-refractivity contribution < 1.29 is 9.53 Å². The number of hydrogen-bond donors (Lipinski definition) is 2. The summed E-state index contributed by atoms with van der Waals surface area (Å²) >= 11 is 1.31. The highest BCUT2D eigenvalue weighted by Crippen LogP contribution is 2.32. The molecule has 26 heavy (non-hydrogen) atoms. The van der Waals surface area contributed by atoms with E-state index < -0.39 is 0 Å². The van der Waals surface area contributed by atoms with Crippen LogP contribution in [0, 0.1) is 0 Å². The highest BCUT2D eigenvalue weighted by molar-refractivity contribution is 7.99. The number of aromatic nitrogens is 4. The molecular weight excluding hydrogens is 350 g/mol. The molecule has 0 atom stereocenters. The number of nitrogen functional groups attached to an aromatic ring is 1. The maximum Gasteiger partial charge on any atom is 0.316 e. The van der Waals surface area contributed by atoms with E-state index in [2.05, 4.69) is 9.97 Å².